The number of nitrogens with zero attached hydrogens (tertiary/aromatic N) is 1. The van der Waals surface area contributed by atoms with Crippen LogP contribution in [-0.4, -0.2) is 23.3 Å². The van der Waals surface area contributed by atoms with Crippen molar-refractivity contribution in [3.8, 4) is 5.75 Å². The van der Waals surface area contributed by atoms with Gasteiger partial charge in [0.1, 0.15) is 5.60 Å². The van der Waals surface area contributed by atoms with Crippen LogP contribution in [0, 0.1) is 0 Å². The molecule has 0 radical (unpaired) electrons. The van der Waals surface area contributed by atoms with E-state index in [9.17, 15) is 9.59 Å². The molecule has 0 aromatic heterocycles. The number of esters is 1. The Bertz CT molecular complexity index is 727. The Morgan fingerprint density at radius 3 is 2.52 bits per heavy atom. The summed E-state index contributed by atoms with van der Waals surface area (Å²) >= 11 is 0. The summed E-state index contributed by atoms with van der Waals surface area (Å²) in [5.41, 5.74) is -1.11. The van der Waals surface area contributed by atoms with Crippen LogP contribution < -0.4 is 9.64 Å². The number of rotatable bonds is 0. The van der Waals surface area contributed by atoms with E-state index >= 15 is 0 Å². The van der Waals surface area contributed by atoms with Gasteiger partial charge >= 0.3 is 12.1 Å². The summed E-state index contributed by atoms with van der Waals surface area (Å²) in [5, 5.41) is 0. The molecule has 23 heavy (non-hydrogen) atoms. The van der Waals surface area contributed by atoms with Crippen molar-refractivity contribution in [2.24, 2.45) is 0 Å². The van der Waals surface area contributed by atoms with E-state index in [2.05, 4.69) is 0 Å². The number of hydrogen-bond donors (Lipinski definition) is 0. The van der Waals surface area contributed by atoms with Gasteiger partial charge in [-0.2, -0.15) is 0 Å². The average molecular weight is 317 g/mol. The molecule has 2 aliphatic rings. The van der Waals surface area contributed by atoms with Crippen molar-refractivity contribution in [1.29, 1.82) is 0 Å². The molecule has 6 heteroatoms. The van der Waals surface area contributed by atoms with Gasteiger partial charge in [0.2, 0.25) is 0 Å². The molecule has 0 bridgehead atoms. The average Bonchev–Trinajstić information content (AvgIpc) is 2.64. The highest BCUT2D eigenvalue weighted by Crippen LogP contribution is 2.45. The number of amides is 1. The number of fused-ring (bicyclic) bond motifs is 1. The number of carbonyl (C=O) groups excluding carboxylic acids is 2. The molecule has 0 spiro atoms. The van der Waals surface area contributed by atoms with Crippen molar-refractivity contribution in [3.63, 3.8) is 0 Å². The second kappa shape index (κ2) is 4.75. The van der Waals surface area contributed by atoms with Crippen LogP contribution in [0.2, 0.25) is 0 Å². The first-order valence-electron chi connectivity index (χ1n) is 7.38. The number of ether oxygens (including phenoxy) is 3. The van der Waals surface area contributed by atoms with Gasteiger partial charge in [-0.1, -0.05) is 12.1 Å². The molecule has 0 aliphatic carbocycles. The number of anilines is 1. The van der Waals surface area contributed by atoms with Crippen LogP contribution in [0.4, 0.5) is 10.5 Å². The van der Waals surface area contributed by atoms with Crippen molar-refractivity contribution in [2.45, 2.75) is 45.8 Å². The molecule has 0 fully saturated rings. The quantitative estimate of drug-likeness (QED) is 0.686. The van der Waals surface area contributed by atoms with Gasteiger partial charge in [-0.15, -0.1) is 0 Å². The lowest BCUT2D eigenvalue weighted by Gasteiger charge is -2.32. The van der Waals surface area contributed by atoms with Gasteiger partial charge in [-0.3, -0.25) is 0 Å². The van der Waals surface area contributed by atoms with Crippen molar-refractivity contribution in [3.05, 3.63) is 35.7 Å². The first-order valence-corrected chi connectivity index (χ1v) is 7.38. The van der Waals surface area contributed by atoms with Gasteiger partial charge in [0.25, 0.3) is 0 Å². The Morgan fingerprint density at radius 1 is 1.22 bits per heavy atom. The monoisotopic (exact) mass is 317 g/mol. The van der Waals surface area contributed by atoms with Crippen molar-refractivity contribution < 1.29 is 23.8 Å². The van der Waals surface area contributed by atoms with E-state index < -0.39 is 23.3 Å². The van der Waals surface area contributed by atoms with Crippen molar-refractivity contribution in [2.75, 3.05) is 4.90 Å². The van der Waals surface area contributed by atoms with Gasteiger partial charge < -0.3 is 14.2 Å². The molecule has 3 rings (SSSR count). The fourth-order valence-corrected chi connectivity index (χ4v) is 2.52. The smallest absolute Gasteiger partial charge is 0.419 e. The fraction of sp³-hybridized carbons (Fsp3) is 0.412. The van der Waals surface area contributed by atoms with E-state index in [1.54, 1.807) is 58.9 Å². The molecular weight excluding hydrogens is 298 g/mol. The highest BCUT2D eigenvalue weighted by Gasteiger charge is 2.50. The topological polar surface area (TPSA) is 65.1 Å². The summed E-state index contributed by atoms with van der Waals surface area (Å²) < 4.78 is 16.6. The molecule has 0 saturated carbocycles. The Balaban J connectivity index is 2.14. The predicted octanol–water partition coefficient (Wildman–Crippen LogP) is 3.37. The van der Waals surface area contributed by atoms with Gasteiger partial charge in [0, 0.05) is 0 Å². The lowest BCUT2D eigenvalue weighted by atomic mass is 10.1. The Morgan fingerprint density at radius 2 is 1.87 bits per heavy atom. The van der Waals surface area contributed by atoms with E-state index in [0.29, 0.717) is 17.2 Å². The zero-order valence-corrected chi connectivity index (χ0v) is 13.8. The number of cyclic esters (lactones) is 1. The van der Waals surface area contributed by atoms with Crippen LogP contribution in [0.25, 0.3) is 0 Å². The van der Waals surface area contributed by atoms with E-state index in [1.165, 1.54) is 4.90 Å². The number of benzene rings is 1. The molecule has 0 unspecified atom stereocenters. The van der Waals surface area contributed by atoms with Crippen molar-refractivity contribution in [1.82, 2.24) is 0 Å². The van der Waals surface area contributed by atoms with Crippen LogP contribution in [-0.2, 0) is 14.3 Å². The summed E-state index contributed by atoms with van der Waals surface area (Å²) in [4.78, 5) is 26.2. The van der Waals surface area contributed by atoms with Crippen LogP contribution in [0.1, 0.15) is 34.6 Å². The molecule has 6 nitrogen and oxygen atoms in total. The molecule has 0 atom stereocenters. The fourth-order valence-electron chi connectivity index (χ4n) is 2.52. The molecule has 0 N–H and O–H groups in total. The minimum atomic E-state index is -0.944. The lowest BCUT2D eigenvalue weighted by Crippen LogP contribution is -2.40. The van der Waals surface area contributed by atoms with Gasteiger partial charge in [-0.25, -0.2) is 14.5 Å². The van der Waals surface area contributed by atoms with E-state index in [-0.39, 0.29) is 5.70 Å². The summed E-state index contributed by atoms with van der Waals surface area (Å²) in [5.74, 6) is 0.181. The minimum absolute atomic E-state index is 0.0722. The molecule has 1 amide bonds. The second-order valence-electron chi connectivity index (χ2n) is 6.96. The third kappa shape index (κ3) is 2.54. The minimum Gasteiger partial charge on any atom is -0.453 e. The second-order valence-corrected chi connectivity index (χ2v) is 6.96. The molecule has 0 saturated heterocycles. The summed E-state index contributed by atoms with van der Waals surface area (Å²) in [7, 11) is 0. The van der Waals surface area contributed by atoms with E-state index in [4.69, 9.17) is 14.2 Å². The third-order valence-corrected chi connectivity index (χ3v) is 3.42. The van der Waals surface area contributed by atoms with Crippen LogP contribution >= 0.6 is 0 Å². The zero-order chi connectivity index (χ0) is 17.0. The number of carbonyl (C=O) groups is 2. The van der Waals surface area contributed by atoms with Gasteiger partial charge in [-0.05, 0) is 46.8 Å². The Kier molecular flexibility index (Phi) is 3.18. The maximum absolute atomic E-state index is 12.7. The molecule has 2 heterocycles. The maximum atomic E-state index is 12.7. The van der Waals surface area contributed by atoms with Crippen LogP contribution in [0.5, 0.6) is 5.75 Å². The van der Waals surface area contributed by atoms with Crippen LogP contribution in [0.3, 0.4) is 0 Å². The summed E-state index contributed by atoms with van der Waals surface area (Å²) in [6.45, 7) is 8.74. The molecule has 1 aromatic carbocycles. The van der Waals surface area contributed by atoms with Gasteiger partial charge in [0.05, 0.1) is 5.69 Å². The predicted molar refractivity (Wildman–Crippen MR) is 83.0 cm³/mol. The normalized spacial score (nSPS) is 18.8. The Labute approximate surface area is 134 Å². The van der Waals surface area contributed by atoms with Crippen molar-refractivity contribution >= 4 is 17.7 Å². The molecular formula is C17H19NO5. The highest BCUT2D eigenvalue weighted by molar-refractivity contribution is 6.08. The number of hydrogen-bond acceptors (Lipinski definition) is 5. The molecule has 2 aliphatic heterocycles. The SMILES string of the molecule is CC(C)(C)OC(=O)N1C2=C(Oc3ccccc31)C(C)(C)OC2=O. The lowest BCUT2D eigenvalue weighted by molar-refractivity contribution is -0.145. The first kappa shape index (κ1) is 15.4. The van der Waals surface area contributed by atoms with Gasteiger partial charge in [0.15, 0.2) is 22.8 Å². The number of para-hydroxylation sites is 2. The van der Waals surface area contributed by atoms with E-state index in [0.717, 1.165) is 0 Å². The maximum Gasteiger partial charge on any atom is 0.419 e. The first-order chi connectivity index (χ1) is 10.6. The summed E-state index contributed by atoms with van der Waals surface area (Å²) in [6, 6.07) is 6.98. The highest BCUT2D eigenvalue weighted by atomic mass is 16.6. The summed E-state index contributed by atoms with van der Waals surface area (Å²) in [6.07, 6.45) is -0.643. The molecule has 1 aromatic rings. The largest absolute Gasteiger partial charge is 0.453 e. The standard InChI is InChI=1S/C17H19NO5/c1-16(2,3)23-15(20)18-10-8-6-7-9-11(10)21-13-12(18)14(19)22-17(13,4)5/h6-9H,1-5H3. The molecule has 122 valence electrons. The van der Waals surface area contributed by atoms with Crippen LogP contribution in [0.15, 0.2) is 35.7 Å². The zero-order valence-electron chi connectivity index (χ0n) is 13.8. The third-order valence-electron chi connectivity index (χ3n) is 3.42. The Hall–Kier alpha value is -2.50. The van der Waals surface area contributed by atoms with E-state index in [1.807, 2.05) is 0 Å².